The van der Waals surface area contributed by atoms with Gasteiger partial charge >= 0.3 is 5.97 Å². The third kappa shape index (κ3) is 2.14. The Kier molecular flexibility index (Phi) is 3.09. The van der Waals surface area contributed by atoms with Gasteiger partial charge in [-0.1, -0.05) is 17.7 Å². The van der Waals surface area contributed by atoms with Gasteiger partial charge < -0.3 is 15.8 Å². The second-order valence-electron chi connectivity index (χ2n) is 4.04. The highest BCUT2D eigenvalue weighted by molar-refractivity contribution is 6.35. The van der Waals surface area contributed by atoms with Gasteiger partial charge in [0.25, 0.3) is 0 Å². The van der Waals surface area contributed by atoms with Crippen LogP contribution < -0.4 is 5.73 Å². The van der Waals surface area contributed by atoms with Gasteiger partial charge in [0.05, 0.1) is 5.02 Å². The number of carboxylic acids is 1. The van der Waals surface area contributed by atoms with Crippen molar-refractivity contribution in [2.24, 2.45) is 5.73 Å². The van der Waals surface area contributed by atoms with Crippen molar-refractivity contribution in [3.8, 4) is 0 Å². The predicted octanol–water partition coefficient (Wildman–Crippen LogP) is 2.08. The van der Waals surface area contributed by atoms with Gasteiger partial charge in [0.1, 0.15) is 6.04 Å². The minimum atomic E-state index is -1.01. The van der Waals surface area contributed by atoms with Crippen LogP contribution in [0.3, 0.4) is 0 Å². The molecule has 17 heavy (non-hydrogen) atoms. The van der Waals surface area contributed by atoms with Crippen molar-refractivity contribution in [1.29, 1.82) is 0 Å². The molecular formula is C12H13ClN2O2. The molecule has 0 radical (unpaired) electrons. The summed E-state index contributed by atoms with van der Waals surface area (Å²) in [6.45, 7) is 1.89. The number of halogens is 1. The van der Waals surface area contributed by atoms with Crippen LogP contribution in [0.4, 0.5) is 0 Å². The summed E-state index contributed by atoms with van der Waals surface area (Å²) in [5.74, 6) is -1.01. The van der Waals surface area contributed by atoms with Crippen molar-refractivity contribution >= 4 is 28.5 Å². The summed E-state index contributed by atoms with van der Waals surface area (Å²) >= 11 is 6.13. The Labute approximate surface area is 103 Å². The Morgan fingerprint density at radius 3 is 2.94 bits per heavy atom. The number of hydrogen-bond donors (Lipinski definition) is 3. The van der Waals surface area contributed by atoms with Crippen LogP contribution in [0.15, 0.2) is 18.2 Å². The average Bonchev–Trinajstić information content (AvgIpc) is 2.56. The monoisotopic (exact) mass is 252 g/mol. The zero-order valence-corrected chi connectivity index (χ0v) is 10.1. The minimum Gasteiger partial charge on any atom is -0.480 e. The van der Waals surface area contributed by atoms with Crippen molar-refractivity contribution in [1.82, 2.24) is 4.98 Å². The highest BCUT2D eigenvalue weighted by Crippen LogP contribution is 2.29. The van der Waals surface area contributed by atoms with Crippen molar-refractivity contribution in [2.45, 2.75) is 19.4 Å². The van der Waals surface area contributed by atoms with E-state index >= 15 is 0 Å². The highest BCUT2D eigenvalue weighted by atomic mass is 35.5. The van der Waals surface area contributed by atoms with Gasteiger partial charge in [0, 0.05) is 23.0 Å². The van der Waals surface area contributed by atoms with Crippen LogP contribution >= 0.6 is 11.6 Å². The third-order valence-electron chi connectivity index (χ3n) is 2.83. The molecular weight excluding hydrogens is 240 g/mol. The summed E-state index contributed by atoms with van der Waals surface area (Å²) in [6, 6.07) is 4.63. The van der Waals surface area contributed by atoms with Crippen LogP contribution in [0.2, 0.25) is 5.02 Å². The summed E-state index contributed by atoms with van der Waals surface area (Å²) in [5, 5.41) is 10.3. The highest BCUT2D eigenvalue weighted by Gasteiger charge is 2.18. The lowest BCUT2D eigenvalue weighted by Gasteiger charge is -2.07. The fourth-order valence-electron chi connectivity index (χ4n) is 1.96. The summed E-state index contributed by atoms with van der Waals surface area (Å²) in [5.41, 5.74) is 8.25. The largest absolute Gasteiger partial charge is 0.480 e. The topological polar surface area (TPSA) is 79.1 Å². The second-order valence-corrected chi connectivity index (χ2v) is 4.45. The molecule has 4 nitrogen and oxygen atoms in total. The molecule has 1 heterocycles. The number of rotatable bonds is 3. The molecule has 0 saturated carbocycles. The molecule has 1 atom stereocenters. The van der Waals surface area contributed by atoms with E-state index in [-0.39, 0.29) is 6.42 Å². The lowest BCUT2D eigenvalue weighted by molar-refractivity contribution is -0.138. The molecule has 0 spiro atoms. The first kappa shape index (κ1) is 12.0. The first-order valence-corrected chi connectivity index (χ1v) is 5.62. The fourth-order valence-corrected chi connectivity index (χ4v) is 2.25. The molecule has 0 aliphatic carbocycles. The number of nitrogens with two attached hydrogens (primary N) is 1. The van der Waals surface area contributed by atoms with Crippen LogP contribution in [0.1, 0.15) is 11.3 Å². The maximum atomic E-state index is 10.8. The standard InChI is InChI=1S/C12H13ClN2O2/c1-6-7(5-9(14)12(16)17)11-8(13)3-2-4-10(11)15-6/h2-4,9,15H,5,14H2,1H3,(H,16,17). The van der Waals surface area contributed by atoms with E-state index in [0.717, 1.165) is 22.2 Å². The van der Waals surface area contributed by atoms with Gasteiger partial charge in [-0.3, -0.25) is 4.79 Å². The van der Waals surface area contributed by atoms with E-state index in [9.17, 15) is 4.79 Å². The van der Waals surface area contributed by atoms with Gasteiger partial charge in [0.2, 0.25) is 0 Å². The first-order chi connectivity index (χ1) is 8.00. The second kappa shape index (κ2) is 4.39. The minimum absolute atomic E-state index is 0.269. The molecule has 1 unspecified atom stereocenters. The number of H-pyrrole nitrogens is 1. The molecule has 1 aromatic carbocycles. The maximum Gasteiger partial charge on any atom is 0.320 e. The van der Waals surface area contributed by atoms with Crippen LogP contribution in [0.5, 0.6) is 0 Å². The van der Waals surface area contributed by atoms with Crippen LogP contribution in [0, 0.1) is 6.92 Å². The lowest BCUT2D eigenvalue weighted by atomic mass is 10.0. The Balaban J connectivity index is 2.53. The number of nitrogens with one attached hydrogen (secondary N) is 1. The van der Waals surface area contributed by atoms with Gasteiger partial charge in [-0.2, -0.15) is 0 Å². The SMILES string of the molecule is Cc1[nH]c2cccc(Cl)c2c1CC(N)C(=O)O. The van der Waals surface area contributed by atoms with E-state index in [1.807, 2.05) is 19.1 Å². The Hall–Kier alpha value is -1.52. The number of carboxylic acid groups (broad SMARTS) is 1. The van der Waals surface area contributed by atoms with E-state index in [2.05, 4.69) is 4.98 Å². The maximum absolute atomic E-state index is 10.8. The van der Waals surface area contributed by atoms with Gasteiger partial charge in [0.15, 0.2) is 0 Å². The summed E-state index contributed by atoms with van der Waals surface area (Å²) in [6.07, 6.45) is 0.269. The Morgan fingerprint density at radius 2 is 2.29 bits per heavy atom. The summed E-state index contributed by atoms with van der Waals surface area (Å²) in [4.78, 5) is 14.0. The molecule has 0 saturated heterocycles. The van der Waals surface area contributed by atoms with Crippen molar-refractivity contribution in [2.75, 3.05) is 0 Å². The number of hydrogen-bond acceptors (Lipinski definition) is 2. The predicted molar refractivity (Wildman–Crippen MR) is 67.4 cm³/mol. The van der Waals surface area contributed by atoms with Crippen LogP contribution in [0.25, 0.3) is 10.9 Å². The molecule has 90 valence electrons. The van der Waals surface area contributed by atoms with Gasteiger partial charge in [-0.25, -0.2) is 0 Å². The molecule has 0 bridgehead atoms. The van der Waals surface area contributed by atoms with Crippen LogP contribution in [-0.2, 0) is 11.2 Å². The molecule has 5 heteroatoms. The van der Waals surface area contributed by atoms with E-state index in [4.69, 9.17) is 22.4 Å². The molecule has 2 aromatic rings. The molecule has 0 aliphatic rings. The third-order valence-corrected chi connectivity index (χ3v) is 3.15. The molecule has 0 aliphatic heterocycles. The number of carbonyl (C=O) groups is 1. The number of aromatic nitrogens is 1. The van der Waals surface area contributed by atoms with E-state index in [0.29, 0.717) is 5.02 Å². The molecule has 2 rings (SSSR count). The molecule has 0 amide bonds. The van der Waals surface area contributed by atoms with E-state index in [1.54, 1.807) is 6.07 Å². The number of fused-ring (bicyclic) bond motifs is 1. The number of benzene rings is 1. The van der Waals surface area contributed by atoms with E-state index in [1.165, 1.54) is 0 Å². The first-order valence-electron chi connectivity index (χ1n) is 5.24. The normalized spacial score (nSPS) is 12.9. The van der Waals surface area contributed by atoms with E-state index < -0.39 is 12.0 Å². The Bertz CT molecular complexity index is 577. The summed E-state index contributed by atoms with van der Waals surface area (Å²) in [7, 11) is 0. The van der Waals surface area contributed by atoms with Crippen molar-refractivity contribution in [3.05, 3.63) is 34.5 Å². The Morgan fingerprint density at radius 1 is 1.59 bits per heavy atom. The zero-order valence-electron chi connectivity index (χ0n) is 9.33. The van der Waals surface area contributed by atoms with Gasteiger partial charge in [-0.05, 0) is 24.6 Å². The van der Waals surface area contributed by atoms with Crippen molar-refractivity contribution in [3.63, 3.8) is 0 Å². The lowest BCUT2D eigenvalue weighted by Crippen LogP contribution is -2.32. The number of aryl methyl sites for hydroxylation is 1. The zero-order chi connectivity index (χ0) is 12.6. The van der Waals surface area contributed by atoms with Crippen LogP contribution in [-0.4, -0.2) is 22.1 Å². The quantitative estimate of drug-likeness (QED) is 0.783. The average molecular weight is 253 g/mol. The fraction of sp³-hybridized carbons (Fsp3) is 0.250. The number of aromatic amines is 1. The van der Waals surface area contributed by atoms with Gasteiger partial charge in [-0.15, -0.1) is 0 Å². The molecule has 0 fully saturated rings. The summed E-state index contributed by atoms with van der Waals surface area (Å²) < 4.78 is 0. The molecule has 1 aromatic heterocycles. The van der Waals surface area contributed by atoms with Crippen molar-refractivity contribution < 1.29 is 9.90 Å². The number of aliphatic carboxylic acids is 1. The smallest absolute Gasteiger partial charge is 0.320 e. The molecule has 4 N–H and O–H groups in total.